The predicted octanol–water partition coefficient (Wildman–Crippen LogP) is 4.70. The van der Waals surface area contributed by atoms with Gasteiger partial charge in [-0.05, 0) is 5.92 Å². The fraction of sp³-hybridized carbons (Fsp3) is 0.923. The minimum Gasteiger partial charge on any atom is -0.299 e. The van der Waals surface area contributed by atoms with Crippen LogP contribution >= 0.6 is 0 Å². The monoisotopic (exact) mass is 202 g/mol. The van der Waals surface area contributed by atoms with Gasteiger partial charge >= 0.3 is 0 Å². The van der Waals surface area contributed by atoms with Crippen LogP contribution in [0, 0.1) is 11.8 Å². The third-order valence-corrected chi connectivity index (χ3v) is 0.992. The van der Waals surface area contributed by atoms with Crippen LogP contribution in [0.3, 0.4) is 0 Å². The molecule has 1 nitrogen and oxygen atoms in total. The molecule has 0 N–H and O–H groups in total. The predicted molar refractivity (Wildman–Crippen MR) is 66.6 cm³/mol. The van der Waals surface area contributed by atoms with E-state index in [0.29, 0.717) is 12.2 Å². The van der Waals surface area contributed by atoms with Crippen molar-refractivity contribution >= 4 is 5.78 Å². The van der Waals surface area contributed by atoms with E-state index in [1.54, 1.807) is 0 Å². The number of hydrogen-bond donors (Lipinski definition) is 0. The van der Waals surface area contributed by atoms with Gasteiger partial charge in [0.25, 0.3) is 0 Å². The molecule has 0 aliphatic carbocycles. The van der Waals surface area contributed by atoms with Gasteiger partial charge in [-0.25, -0.2) is 0 Å². The molecule has 0 rings (SSSR count). The summed E-state index contributed by atoms with van der Waals surface area (Å²) in [5.74, 6) is 1.41. The largest absolute Gasteiger partial charge is 0.299 e. The van der Waals surface area contributed by atoms with Crippen molar-refractivity contribution in [1.82, 2.24) is 0 Å². The zero-order valence-electron chi connectivity index (χ0n) is 11.5. The maximum atomic E-state index is 10.5. The minimum absolute atomic E-state index is 0.227. The summed E-state index contributed by atoms with van der Waals surface area (Å²) in [6.45, 7) is 16.5. The first-order chi connectivity index (χ1) is 6.33. The zero-order valence-corrected chi connectivity index (χ0v) is 11.5. The molecule has 0 amide bonds. The summed E-state index contributed by atoms with van der Waals surface area (Å²) < 4.78 is 0. The van der Waals surface area contributed by atoms with E-state index in [1.807, 2.05) is 20.8 Å². The third-order valence-electron chi connectivity index (χ3n) is 0.992. The molecule has 0 aromatic rings. The number of Topliss-reactive ketones (excluding diaryl/α,β-unsaturated/α-hetero) is 1. The topological polar surface area (TPSA) is 17.1 Å². The maximum absolute atomic E-state index is 10.5. The van der Waals surface area contributed by atoms with Crippen LogP contribution < -0.4 is 0 Å². The first kappa shape index (κ1) is 19.3. The van der Waals surface area contributed by atoms with Crippen LogP contribution in [0.2, 0.25) is 0 Å². The average molecular weight is 202 g/mol. The van der Waals surface area contributed by atoms with Crippen LogP contribution in [0.25, 0.3) is 0 Å². The standard InChI is InChI=1S/C6H12O.C4H10.C3H8/c1-4-6(7)5(2)3;1-4(2)3;1-3-2/h5H,4H2,1-3H3;4H,1-3H3;3H2,1-2H3. The quantitative estimate of drug-likeness (QED) is 0.634. The molecule has 0 atom stereocenters. The fourth-order valence-corrected chi connectivity index (χ4v) is 0.408. The molecule has 0 spiro atoms. The van der Waals surface area contributed by atoms with Crippen LogP contribution in [0.1, 0.15) is 68.2 Å². The Morgan fingerprint density at radius 1 is 0.929 bits per heavy atom. The Hall–Kier alpha value is -0.330. The zero-order chi connectivity index (χ0) is 12.1. The summed E-state index contributed by atoms with van der Waals surface area (Å²) in [5, 5.41) is 0. The second-order valence-corrected chi connectivity index (χ2v) is 4.41. The van der Waals surface area contributed by atoms with E-state index >= 15 is 0 Å². The van der Waals surface area contributed by atoms with Crippen molar-refractivity contribution in [3.05, 3.63) is 0 Å². The van der Waals surface area contributed by atoms with E-state index in [4.69, 9.17) is 0 Å². The summed E-state index contributed by atoms with van der Waals surface area (Å²) in [4.78, 5) is 10.5. The molecule has 0 aliphatic heterocycles. The third kappa shape index (κ3) is 41.3. The van der Waals surface area contributed by atoms with Gasteiger partial charge in [-0.2, -0.15) is 0 Å². The van der Waals surface area contributed by atoms with Gasteiger partial charge < -0.3 is 0 Å². The molecule has 88 valence electrons. The van der Waals surface area contributed by atoms with Gasteiger partial charge in [-0.15, -0.1) is 0 Å². The van der Waals surface area contributed by atoms with E-state index in [0.717, 1.165) is 5.92 Å². The maximum Gasteiger partial charge on any atom is 0.135 e. The Morgan fingerprint density at radius 2 is 1.14 bits per heavy atom. The normalized spacial score (nSPS) is 8.71. The smallest absolute Gasteiger partial charge is 0.135 e. The SMILES string of the molecule is CC(C)C.CCC.CCC(=O)C(C)C. The molecule has 0 heterocycles. The molecule has 0 aliphatic rings. The Kier molecular flexibility index (Phi) is 20.9. The highest BCUT2D eigenvalue weighted by molar-refractivity contribution is 5.79. The Bertz CT molecular complexity index is 101. The molecule has 0 radical (unpaired) electrons. The van der Waals surface area contributed by atoms with Gasteiger partial charge in [0, 0.05) is 12.3 Å². The molecule has 0 bridgehead atoms. The van der Waals surface area contributed by atoms with Gasteiger partial charge in [0.05, 0.1) is 0 Å². The Balaban J connectivity index is -0.000000147. The van der Waals surface area contributed by atoms with Crippen molar-refractivity contribution in [3.8, 4) is 0 Å². The molecule has 0 saturated carbocycles. The van der Waals surface area contributed by atoms with Gasteiger partial charge in [0.2, 0.25) is 0 Å². The molecular weight excluding hydrogens is 172 g/mol. The van der Waals surface area contributed by atoms with E-state index < -0.39 is 0 Å². The first-order valence-electron chi connectivity index (χ1n) is 5.85. The lowest BCUT2D eigenvalue weighted by Crippen LogP contribution is -2.03. The average Bonchev–Trinajstić information content (AvgIpc) is 2.03. The van der Waals surface area contributed by atoms with Crippen LogP contribution in [0.4, 0.5) is 0 Å². The molecule has 0 fully saturated rings. The first-order valence-corrected chi connectivity index (χ1v) is 5.85. The van der Waals surface area contributed by atoms with Crippen LogP contribution in [-0.2, 0) is 4.79 Å². The van der Waals surface area contributed by atoms with Crippen LogP contribution in [0.5, 0.6) is 0 Å². The highest BCUT2D eigenvalue weighted by atomic mass is 16.1. The molecule has 14 heavy (non-hydrogen) atoms. The summed E-state index contributed by atoms with van der Waals surface area (Å²) in [6.07, 6.45) is 1.93. The Morgan fingerprint density at radius 3 is 1.14 bits per heavy atom. The van der Waals surface area contributed by atoms with Crippen molar-refractivity contribution in [3.63, 3.8) is 0 Å². The van der Waals surface area contributed by atoms with E-state index in [1.165, 1.54) is 6.42 Å². The van der Waals surface area contributed by atoms with E-state index in [9.17, 15) is 4.79 Å². The highest BCUT2D eigenvalue weighted by Gasteiger charge is 2.00. The molecule has 0 saturated heterocycles. The Labute approximate surface area is 91.3 Å². The summed E-state index contributed by atoms with van der Waals surface area (Å²) in [7, 11) is 0. The summed E-state index contributed by atoms with van der Waals surface area (Å²) in [6, 6.07) is 0. The van der Waals surface area contributed by atoms with E-state index in [-0.39, 0.29) is 5.92 Å². The molecule has 0 unspecified atom stereocenters. The van der Waals surface area contributed by atoms with Gasteiger partial charge in [-0.1, -0.05) is 61.8 Å². The van der Waals surface area contributed by atoms with Crippen molar-refractivity contribution in [2.75, 3.05) is 0 Å². The van der Waals surface area contributed by atoms with Gasteiger partial charge in [0.15, 0.2) is 0 Å². The molecule has 0 aromatic carbocycles. The minimum atomic E-state index is 0.227. The number of hydrogen-bond acceptors (Lipinski definition) is 1. The molecule has 0 aromatic heterocycles. The van der Waals surface area contributed by atoms with Crippen molar-refractivity contribution in [1.29, 1.82) is 0 Å². The van der Waals surface area contributed by atoms with Crippen LogP contribution in [-0.4, -0.2) is 5.78 Å². The van der Waals surface area contributed by atoms with Crippen molar-refractivity contribution in [2.24, 2.45) is 11.8 Å². The number of carbonyl (C=O) groups is 1. The lowest BCUT2D eigenvalue weighted by Gasteiger charge is -1.96. The van der Waals surface area contributed by atoms with Crippen molar-refractivity contribution < 1.29 is 4.79 Å². The molecular formula is C13H30O. The second kappa shape index (κ2) is 15.2. The number of ketones is 1. The van der Waals surface area contributed by atoms with Crippen molar-refractivity contribution in [2.45, 2.75) is 68.2 Å². The highest BCUT2D eigenvalue weighted by Crippen LogP contribution is 1.95. The van der Waals surface area contributed by atoms with Crippen LogP contribution in [0.15, 0.2) is 0 Å². The molecule has 1 heteroatoms. The summed E-state index contributed by atoms with van der Waals surface area (Å²) >= 11 is 0. The summed E-state index contributed by atoms with van der Waals surface area (Å²) in [5.41, 5.74) is 0. The second-order valence-electron chi connectivity index (χ2n) is 4.41. The van der Waals surface area contributed by atoms with Gasteiger partial charge in [-0.3, -0.25) is 4.79 Å². The van der Waals surface area contributed by atoms with Gasteiger partial charge in [0.1, 0.15) is 5.78 Å². The van der Waals surface area contributed by atoms with E-state index in [2.05, 4.69) is 34.6 Å². The number of carbonyl (C=O) groups excluding carboxylic acids is 1. The lowest BCUT2D eigenvalue weighted by molar-refractivity contribution is -0.121. The lowest BCUT2D eigenvalue weighted by atomic mass is 10.1. The number of rotatable bonds is 2. The fourth-order valence-electron chi connectivity index (χ4n) is 0.408.